The molecule has 0 saturated carbocycles. The van der Waals surface area contributed by atoms with E-state index in [4.69, 9.17) is 0 Å². The summed E-state index contributed by atoms with van der Waals surface area (Å²) in [7, 11) is 0. The second-order valence-electron chi connectivity index (χ2n) is 4.08. The molecule has 18 heavy (non-hydrogen) atoms. The van der Waals surface area contributed by atoms with Gasteiger partial charge in [-0.15, -0.1) is 0 Å². The van der Waals surface area contributed by atoms with Gasteiger partial charge in [0.25, 0.3) is 0 Å². The number of nitriles is 1. The minimum atomic E-state index is -0.108. The third-order valence-corrected chi connectivity index (χ3v) is 2.76. The summed E-state index contributed by atoms with van der Waals surface area (Å²) in [4.78, 5) is 4.06. The maximum absolute atomic E-state index is 9.17. The molecule has 1 N–H and O–H groups in total. The smallest absolute Gasteiger partial charge is 0.0837 e. The molecule has 3 heteroatoms. The summed E-state index contributed by atoms with van der Waals surface area (Å²) in [5.41, 5.74) is 2.18. The predicted molar refractivity (Wildman–Crippen MR) is 70.7 cm³/mol. The highest BCUT2D eigenvalue weighted by Crippen LogP contribution is 2.13. The molecule has 2 rings (SSSR count). The zero-order valence-corrected chi connectivity index (χ0v) is 10.1. The molecule has 3 nitrogen and oxygen atoms in total. The second kappa shape index (κ2) is 6.53. The Hall–Kier alpha value is -2.18. The Kier molecular flexibility index (Phi) is 4.46. The van der Waals surface area contributed by atoms with E-state index in [9.17, 15) is 5.26 Å². The van der Waals surface area contributed by atoms with Gasteiger partial charge in [0.1, 0.15) is 0 Å². The third kappa shape index (κ3) is 3.41. The number of nitrogens with one attached hydrogen (secondary N) is 1. The molecule has 0 aliphatic carbocycles. The number of hydrogen-bond donors (Lipinski definition) is 1. The summed E-state index contributed by atoms with van der Waals surface area (Å²) in [6, 6.07) is 16.1. The largest absolute Gasteiger partial charge is 0.311 e. The van der Waals surface area contributed by atoms with Crippen LogP contribution in [0.5, 0.6) is 0 Å². The minimum absolute atomic E-state index is 0.108. The first-order valence-electron chi connectivity index (χ1n) is 5.94. The van der Waals surface area contributed by atoms with Crippen LogP contribution in [0.2, 0.25) is 0 Å². The summed E-state index contributed by atoms with van der Waals surface area (Å²) in [5, 5.41) is 12.5. The predicted octanol–water partition coefficient (Wildman–Crippen LogP) is 2.48. The Morgan fingerprint density at radius 1 is 1.17 bits per heavy atom. The van der Waals surface area contributed by atoms with Crippen LogP contribution < -0.4 is 5.32 Å². The fraction of sp³-hybridized carbons (Fsp3) is 0.200. The van der Waals surface area contributed by atoms with E-state index >= 15 is 0 Å². The molecular weight excluding hydrogens is 222 g/mol. The van der Waals surface area contributed by atoms with Crippen LogP contribution in [0, 0.1) is 11.3 Å². The highest BCUT2D eigenvalue weighted by atomic mass is 14.9. The van der Waals surface area contributed by atoms with Crippen molar-refractivity contribution in [1.29, 1.82) is 5.26 Å². The first-order valence-corrected chi connectivity index (χ1v) is 5.94. The zero-order valence-electron chi connectivity index (χ0n) is 10.1. The van der Waals surface area contributed by atoms with Gasteiger partial charge >= 0.3 is 0 Å². The molecule has 2 aromatic rings. The van der Waals surface area contributed by atoms with Crippen molar-refractivity contribution in [3.05, 3.63) is 66.0 Å². The van der Waals surface area contributed by atoms with Crippen molar-refractivity contribution >= 4 is 0 Å². The van der Waals surface area contributed by atoms with Crippen molar-refractivity contribution in [2.24, 2.45) is 0 Å². The van der Waals surface area contributed by atoms with E-state index in [1.165, 1.54) is 0 Å². The number of nitrogens with zero attached hydrogens (tertiary/aromatic N) is 2. The molecule has 0 radical (unpaired) electrons. The number of pyridine rings is 1. The van der Waals surface area contributed by atoms with Crippen LogP contribution in [0.15, 0.2) is 54.9 Å². The van der Waals surface area contributed by atoms with E-state index in [1.54, 1.807) is 6.20 Å². The van der Waals surface area contributed by atoms with E-state index in [0.29, 0.717) is 6.54 Å². The molecule has 0 amide bonds. The average molecular weight is 237 g/mol. The normalized spacial score (nSPS) is 11.7. The van der Waals surface area contributed by atoms with Gasteiger partial charge in [0.15, 0.2) is 0 Å². The summed E-state index contributed by atoms with van der Waals surface area (Å²) in [5.74, 6) is -0.108. The average Bonchev–Trinajstić information content (AvgIpc) is 2.46. The Morgan fingerprint density at radius 3 is 2.67 bits per heavy atom. The molecule has 0 saturated heterocycles. The van der Waals surface area contributed by atoms with E-state index in [1.807, 2.05) is 48.7 Å². The van der Waals surface area contributed by atoms with Gasteiger partial charge in [-0.3, -0.25) is 4.98 Å². The van der Waals surface area contributed by atoms with Gasteiger partial charge in [-0.1, -0.05) is 36.4 Å². The lowest BCUT2D eigenvalue weighted by molar-refractivity contribution is 0.651. The standard InChI is InChI=1S/C15H15N3/c16-9-15(14-6-2-1-3-7-14)12-18-11-13-5-4-8-17-10-13/h1-8,10,15,18H,11-12H2. The summed E-state index contributed by atoms with van der Waals surface area (Å²) < 4.78 is 0. The van der Waals surface area contributed by atoms with E-state index in [2.05, 4.69) is 16.4 Å². The molecule has 90 valence electrons. The van der Waals surface area contributed by atoms with Gasteiger partial charge in [0.2, 0.25) is 0 Å². The molecule has 1 atom stereocenters. The second-order valence-corrected chi connectivity index (χ2v) is 4.08. The Balaban J connectivity index is 1.88. The van der Waals surface area contributed by atoms with E-state index in [0.717, 1.165) is 17.7 Å². The van der Waals surface area contributed by atoms with Gasteiger partial charge in [-0.05, 0) is 17.2 Å². The summed E-state index contributed by atoms with van der Waals surface area (Å²) in [6.45, 7) is 1.38. The zero-order chi connectivity index (χ0) is 12.6. The lowest BCUT2D eigenvalue weighted by atomic mass is 10.0. The third-order valence-electron chi connectivity index (χ3n) is 2.76. The van der Waals surface area contributed by atoms with Crippen LogP contribution >= 0.6 is 0 Å². The molecule has 1 heterocycles. The molecule has 0 aliphatic heterocycles. The number of rotatable bonds is 5. The van der Waals surface area contributed by atoms with Crippen molar-refractivity contribution in [3.8, 4) is 6.07 Å². The lowest BCUT2D eigenvalue weighted by Crippen LogP contribution is -2.20. The van der Waals surface area contributed by atoms with Crippen LogP contribution in [0.25, 0.3) is 0 Å². The topological polar surface area (TPSA) is 48.7 Å². The molecule has 1 aromatic carbocycles. The van der Waals surface area contributed by atoms with Crippen molar-refractivity contribution < 1.29 is 0 Å². The molecule has 0 spiro atoms. The molecule has 1 aromatic heterocycles. The van der Waals surface area contributed by atoms with Gasteiger partial charge in [0.05, 0.1) is 12.0 Å². The van der Waals surface area contributed by atoms with Gasteiger partial charge in [0, 0.05) is 25.5 Å². The summed E-state index contributed by atoms with van der Waals surface area (Å²) in [6.07, 6.45) is 3.59. The molecule has 0 fully saturated rings. The fourth-order valence-corrected chi connectivity index (χ4v) is 1.79. The molecular formula is C15H15N3. The van der Waals surface area contributed by atoms with Crippen molar-refractivity contribution in [1.82, 2.24) is 10.3 Å². The van der Waals surface area contributed by atoms with Crippen LogP contribution in [-0.2, 0) is 6.54 Å². The van der Waals surface area contributed by atoms with Crippen molar-refractivity contribution in [3.63, 3.8) is 0 Å². The van der Waals surface area contributed by atoms with E-state index < -0.39 is 0 Å². The number of aromatic nitrogens is 1. The van der Waals surface area contributed by atoms with Crippen LogP contribution in [0.4, 0.5) is 0 Å². The Bertz CT molecular complexity index is 502. The van der Waals surface area contributed by atoms with Gasteiger partial charge in [-0.2, -0.15) is 5.26 Å². The maximum Gasteiger partial charge on any atom is 0.0837 e. The minimum Gasteiger partial charge on any atom is -0.311 e. The quantitative estimate of drug-likeness (QED) is 0.869. The molecule has 0 aliphatic rings. The van der Waals surface area contributed by atoms with Crippen LogP contribution in [-0.4, -0.2) is 11.5 Å². The molecule has 0 bridgehead atoms. The Morgan fingerprint density at radius 2 is 2.00 bits per heavy atom. The SMILES string of the molecule is N#CC(CNCc1cccnc1)c1ccccc1. The molecule has 1 unspecified atom stereocenters. The van der Waals surface area contributed by atoms with Gasteiger partial charge < -0.3 is 5.32 Å². The highest BCUT2D eigenvalue weighted by molar-refractivity contribution is 5.25. The first-order chi connectivity index (χ1) is 8.90. The van der Waals surface area contributed by atoms with Gasteiger partial charge in [-0.25, -0.2) is 0 Å². The van der Waals surface area contributed by atoms with Crippen LogP contribution in [0.3, 0.4) is 0 Å². The van der Waals surface area contributed by atoms with Crippen molar-refractivity contribution in [2.75, 3.05) is 6.54 Å². The first kappa shape index (κ1) is 12.3. The lowest BCUT2D eigenvalue weighted by Gasteiger charge is -2.10. The number of benzene rings is 1. The monoisotopic (exact) mass is 237 g/mol. The Labute approximate surface area is 107 Å². The van der Waals surface area contributed by atoms with Crippen molar-refractivity contribution in [2.45, 2.75) is 12.5 Å². The van der Waals surface area contributed by atoms with E-state index in [-0.39, 0.29) is 5.92 Å². The fourth-order valence-electron chi connectivity index (χ4n) is 1.79. The number of hydrogen-bond acceptors (Lipinski definition) is 3. The highest BCUT2D eigenvalue weighted by Gasteiger charge is 2.08. The summed E-state index contributed by atoms with van der Waals surface area (Å²) >= 11 is 0. The van der Waals surface area contributed by atoms with Crippen LogP contribution in [0.1, 0.15) is 17.0 Å². The maximum atomic E-state index is 9.17.